The zero-order chi connectivity index (χ0) is 21.0. The molecule has 1 fully saturated rings. The van der Waals surface area contributed by atoms with Crippen LogP contribution in [0, 0.1) is 0 Å². The molecule has 1 saturated heterocycles. The molecule has 2 aromatic rings. The van der Waals surface area contributed by atoms with Crippen molar-refractivity contribution >= 4 is 27.0 Å². The summed E-state index contributed by atoms with van der Waals surface area (Å²) in [6, 6.07) is 4.97. The molecular formula is C20H27N3O5S. The quantitative estimate of drug-likeness (QED) is 0.504. The van der Waals surface area contributed by atoms with Crippen molar-refractivity contribution in [2.24, 2.45) is 0 Å². The fourth-order valence-corrected chi connectivity index (χ4v) is 4.68. The second-order valence-corrected chi connectivity index (χ2v) is 9.11. The molecule has 9 heteroatoms. The van der Waals surface area contributed by atoms with Gasteiger partial charge in [-0.05, 0) is 38.5 Å². The van der Waals surface area contributed by atoms with E-state index in [2.05, 4.69) is 4.98 Å². The third-order valence-corrected chi connectivity index (χ3v) is 6.50. The van der Waals surface area contributed by atoms with Crippen molar-refractivity contribution in [2.45, 2.75) is 45.2 Å². The second-order valence-electron chi connectivity index (χ2n) is 7.18. The Morgan fingerprint density at radius 1 is 1.28 bits per heavy atom. The van der Waals surface area contributed by atoms with Crippen molar-refractivity contribution < 1.29 is 22.7 Å². The van der Waals surface area contributed by atoms with Crippen molar-refractivity contribution in [2.75, 3.05) is 26.3 Å². The monoisotopic (exact) mass is 421 g/mol. The molecule has 0 bridgehead atoms. The van der Waals surface area contributed by atoms with E-state index in [-0.39, 0.29) is 11.5 Å². The van der Waals surface area contributed by atoms with Gasteiger partial charge in [0.15, 0.2) is 0 Å². The Morgan fingerprint density at radius 3 is 2.66 bits per heavy atom. The van der Waals surface area contributed by atoms with Crippen LogP contribution in [0.15, 0.2) is 34.7 Å². The number of allylic oxidation sites excluding steroid dienone is 1. The van der Waals surface area contributed by atoms with E-state index in [1.807, 2.05) is 25.3 Å². The lowest BCUT2D eigenvalue weighted by Crippen LogP contribution is -2.40. The molecule has 29 heavy (non-hydrogen) atoms. The highest BCUT2D eigenvalue weighted by atomic mass is 32.2. The maximum atomic E-state index is 12.9. The number of ether oxygens (including phenoxy) is 2. The van der Waals surface area contributed by atoms with E-state index in [0.717, 1.165) is 17.5 Å². The lowest BCUT2D eigenvalue weighted by atomic mass is 10.3. The number of nitrogens with zero attached hydrogens (tertiary/aromatic N) is 3. The molecule has 1 aromatic heterocycles. The summed E-state index contributed by atoms with van der Waals surface area (Å²) in [7, 11) is -3.60. The summed E-state index contributed by atoms with van der Waals surface area (Å²) in [6.07, 6.45) is 2.30. The summed E-state index contributed by atoms with van der Waals surface area (Å²) in [5.41, 5.74) is 2.25. The lowest BCUT2D eigenvalue weighted by molar-refractivity contribution is -0.139. The summed E-state index contributed by atoms with van der Waals surface area (Å²) in [5, 5.41) is 0. The highest BCUT2D eigenvalue weighted by molar-refractivity contribution is 7.89. The molecule has 3 rings (SSSR count). The number of benzene rings is 1. The minimum absolute atomic E-state index is 0.0306. The van der Waals surface area contributed by atoms with Crippen LogP contribution in [-0.2, 0) is 37.4 Å². The SMILES string of the molecule is CCCn1c(COC(=O)C=C(C)C)nc2cc(S(=O)(=O)N3CCOCC3)ccc21. The largest absolute Gasteiger partial charge is 0.454 e. The Bertz CT molecular complexity index is 1020. The maximum absolute atomic E-state index is 12.9. The smallest absolute Gasteiger partial charge is 0.331 e. The number of rotatable bonds is 7. The zero-order valence-electron chi connectivity index (χ0n) is 17.1. The number of carbonyl (C=O) groups is 1. The summed E-state index contributed by atoms with van der Waals surface area (Å²) in [6.45, 7) is 7.90. The zero-order valence-corrected chi connectivity index (χ0v) is 17.9. The second kappa shape index (κ2) is 9.06. The van der Waals surface area contributed by atoms with Gasteiger partial charge in [0.25, 0.3) is 0 Å². The Balaban J connectivity index is 1.92. The van der Waals surface area contributed by atoms with Crippen LogP contribution in [-0.4, -0.2) is 54.5 Å². The number of sulfonamides is 1. The third kappa shape index (κ3) is 4.85. The van der Waals surface area contributed by atoms with Crippen LogP contribution in [0.1, 0.15) is 33.0 Å². The Morgan fingerprint density at radius 2 is 2.00 bits per heavy atom. The van der Waals surface area contributed by atoms with Gasteiger partial charge in [0.1, 0.15) is 12.4 Å². The fraction of sp³-hybridized carbons (Fsp3) is 0.500. The van der Waals surface area contributed by atoms with E-state index in [4.69, 9.17) is 9.47 Å². The van der Waals surface area contributed by atoms with Crippen molar-refractivity contribution in [1.29, 1.82) is 0 Å². The molecule has 0 saturated carbocycles. The molecule has 1 aliphatic rings. The molecule has 158 valence electrons. The molecule has 0 unspecified atom stereocenters. The summed E-state index contributed by atoms with van der Waals surface area (Å²) in [4.78, 5) is 16.6. The highest BCUT2D eigenvalue weighted by Gasteiger charge is 2.27. The van der Waals surface area contributed by atoms with Crippen LogP contribution < -0.4 is 0 Å². The lowest BCUT2D eigenvalue weighted by Gasteiger charge is -2.26. The molecular weight excluding hydrogens is 394 g/mol. The van der Waals surface area contributed by atoms with Gasteiger partial charge >= 0.3 is 5.97 Å². The fourth-order valence-electron chi connectivity index (χ4n) is 3.25. The first-order chi connectivity index (χ1) is 13.8. The maximum Gasteiger partial charge on any atom is 0.331 e. The van der Waals surface area contributed by atoms with Crippen LogP contribution in [0.3, 0.4) is 0 Å². The number of hydrogen-bond donors (Lipinski definition) is 0. The standard InChI is InChI=1S/C20H27N3O5S/c1-4-7-23-18-6-5-16(29(25,26)22-8-10-27-11-9-22)13-17(18)21-19(23)14-28-20(24)12-15(2)3/h5-6,12-13H,4,7-11,14H2,1-3H3. The number of morpholine rings is 1. The van der Waals surface area contributed by atoms with Crippen LogP contribution in [0.2, 0.25) is 0 Å². The van der Waals surface area contributed by atoms with E-state index in [0.29, 0.717) is 44.2 Å². The number of aromatic nitrogens is 2. The number of esters is 1. The van der Waals surface area contributed by atoms with E-state index in [9.17, 15) is 13.2 Å². The molecule has 2 heterocycles. The first-order valence-electron chi connectivity index (χ1n) is 9.71. The molecule has 0 amide bonds. The molecule has 0 N–H and O–H groups in total. The topological polar surface area (TPSA) is 90.7 Å². The van der Waals surface area contributed by atoms with E-state index in [1.54, 1.807) is 18.2 Å². The van der Waals surface area contributed by atoms with Gasteiger partial charge in [-0.1, -0.05) is 12.5 Å². The molecule has 0 radical (unpaired) electrons. The highest BCUT2D eigenvalue weighted by Crippen LogP contribution is 2.24. The number of carbonyl (C=O) groups excluding carboxylic acids is 1. The molecule has 1 aromatic carbocycles. The molecule has 1 aliphatic heterocycles. The first-order valence-corrected chi connectivity index (χ1v) is 11.2. The minimum atomic E-state index is -3.60. The molecule has 8 nitrogen and oxygen atoms in total. The van der Waals surface area contributed by atoms with Gasteiger partial charge in [0, 0.05) is 25.7 Å². The molecule has 0 atom stereocenters. The van der Waals surface area contributed by atoms with Crippen LogP contribution in [0.4, 0.5) is 0 Å². The van der Waals surface area contributed by atoms with Crippen molar-refractivity contribution in [3.8, 4) is 0 Å². The van der Waals surface area contributed by atoms with Crippen LogP contribution in [0.25, 0.3) is 11.0 Å². The van der Waals surface area contributed by atoms with Gasteiger partial charge in [0.05, 0.1) is 29.1 Å². The average Bonchev–Trinajstić information content (AvgIpc) is 3.04. The van der Waals surface area contributed by atoms with Gasteiger partial charge < -0.3 is 14.0 Å². The molecule has 0 aliphatic carbocycles. The molecule has 0 spiro atoms. The first kappa shape index (κ1) is 21.5. The van der Waals surface area contributed by atoms with Crippen LogP contribution in [0.5, 0.6) is 0 Å². The van der Waals surface area contributed by atoms with Gasteiger partial charge in [-0.3, -0.25) is 0 Å². The Labute approximate surface area is 171 Å². The van der Waals surface area contributed by atoms with Gasteiger partial charge in [-0.2, -0.15) is 4.31 Å². The van der Waals surface area contributed by atoms with Gasteiger partial charge in [0.2, 0.25) is 10.0 Å². The van der Waals surface area contributed by atoms with Crippen LogP contribution >= 0.6 is 0 Å². The summed E-state index contributed by atoms with van der Waals surface area (Å²) in [5.74, 6) is 0.175. The number of hydrogen-bond acceptors (Lipinski definition) is 6. The van der Waals surface area contributed by atoms with Gasteiger partial charge in [-0.15, -0.1) is 0 Å². The predicted octanol–water partition coefficient (Wildman–Crippen LogP) is 2.48. The number of fused-ring (bicyclic) bond motifs is 1. The van der Waals surface area contributed by atoms with E-state index < -0.39 is 16.0 Å². The Kier molecular flexibility index (Phi) is 6.71. The van der Waals surface area contributed by atoms with E-state index in [1.165, 1.54) is 10.4 Å². The number of imidazole rings is 1. The van der Waals surface area contributed by atoms with E-state index >= 15 is 0 Å². The minimum Gasteiger partial charge on any atom is -0.454 e. The summed E-state index contributed by atoms with van der Waals surface area (Å²) >= 11 is 0. The van der Waals surface area contributed by atoms with Crippen molar-refractivity contribution in [1.82, 2.24) is 13.9 Å². The normalized spacial score (nSPS) is 15.4. The number of aryl methyl sites for hydroxylation is 1. The van der Waals surface area contributed by atoms with Crippen molar-refractivity contribution in [3.05, 3.63) is 35.7 Å². The predicted molar refractivity (Wildman–Crippen MR) is 109 cm³/mol. The summed E-state index contributed by atoms with van der Waals surface area (Å²) < 4.78 is 39.8. The van der Waals surface area contributed by atoms with Gasteiger partial charge in [-0.25, -0.2) is 18.2 Å². The average molecular weight is 422 g/mol. The van der Waals surface area contributed by atoms with Crippen molar-refractivity contribution in [3.63, 3.8) is 0 Å². The third-order valence-electron chi connectivity index (χ3n) is 4.60. The Hall–Kier alpha value is -2.23.